The van der Waals surface area contributed by atoms with Gasteiger partial charge in [-0.3, -0.25) is 4.79 Å². The Morgan fingerprint density at radius 2 is 1.73 bits per heavy atom. The summed E-state index contributed by atoms with van der Waals surface area (Å²) in [5.41, 5.74) is -2.40. The molecule has 0 saturated heterocycles. The van der Waals surface area contributed by atoms with Gasteiger partial charge in [-0.05, 0) is 12.8 Å². The van der Waals surface area contributed by atoms with Crippen LogP contribution in [0.1, 0.15) is 12.8 Å². The molecule has 66 valence electrons. The first kappa shape index (κ1) is 10.6. The number of hydrogen-bond acceptors (Lipinski definition) is 1. The molecule has 0 spiro atoms. The molecule has 1 N–H and O–H groups in total. The highest BCUT2D eigenvalue weighted by molar-refractivity contribution is 5.85. The molecule has 0 aromatic rings. The third-order valence-electron chi connectivity index (χ3n) is 1.70. The average Bonchev–Trinajstić information content (AvgIpc) is 2.36. The second-order valence-corrected chi connectivity index (χ2v) is 2.39. The fraction of sp³-hybridized carbons (Fsp3) is 0.800. The number of halogens is 4. The van der Waals surface area contributed by atoms with E-state index in [1.165, 1.54) is 0 Å². The molecule has 0 unspecified atom stereocenters. The van der Waals surface area contributed by atoms with Crippen molar-refractivity contribution in [2.24, 2.45) is 5.41 Å². The van der Waals surface area contributed by atoms with Crippen LogP contribution >= 0.6 is 12.4 Å². The van der Waals surface area contributed by atoms with E-state index >= 15 is 0 Å². The molecular formula is C5H6ClF3O2. The maximum Gasteiger partial charge on any atom is 0.404 e. The van der Waals surface area contributed by atoms with Gasteiger partial charge in [-0.15, -0.1) is 12.4 Å². The molecule has 1 aliphatic rings. The Kier molecular flexibility index (Phi) is 2.44. The minimum absolute atomic E-state index is 0. The van der Waals surface area contributed by atoms with E-state index in [-0.39, 0.29) is 25.2 Å². The van der Waals surface area contributed by atoms with E-state index < -0.39 is 17.6 Å². The van der Waals surface area contributed by atoms with Crippen LogP contribution in [0.5, 0.6) is 0 Å². The molecule has 0 aromatic heterocycles. The summed E-state index contributed by atoms with van der Waals surface area (Å²) in [5.74, 6) is -1.75. The van der Waals surface area contributed by atoms with Crippen molar-refractivity contribution in [3.8, 4) is 0 Å². The summed E-state index contributed by atoms with van der Waals surface area (Å²) in [6.07, 6.45) is -5.11. The summed E-state index contributed by atoms with van der Waals surface area (Å²) in [7, 11) is 0. The maximum absolute atomic E-state index is 11.8. The van der Waals surface area contributed by atoms with Gasteiger partial charge in [-0.25, -0.2) is 0 Å². The minimum Gasteiger partial charge on any atom is -0.481 e. The Balaban J connectivity index is 0.000001000. The first-order valence-electron chi connectivity index (χ1n) is 2.70. The quantitative estimate of drug-likeness (QED) is 0.685. The van der Waals surface area contributed by atoms with E-state index in [1.807, 2.05) is 0 Å². The fourth-order valence-electron chi connectivity index (χ4n) is 0.744. The third-order valence-corrected chi connectivity index (χ3v) is 1.70. The van der Waals surface area contributed by atoms with Gasteiger partial charge in [-0.1, -0.05) is 0 Å². The minimum atomic E-state index is -4.57. The molecule has 1 rings (SSSR count). The van der Waals surface area contributed by atoms with Crippen molar-refractivity contribution >= 4 is 18.4 Å². The van der Waals surface area contributed by atoms with Gasteiger partial charge in [0.1, 0.15) is 0 Å². The molecule has 11 heavy (non-hydrogen) atoms. The monoisotopic (exact) mass is 190 g/mol. The zero-order chi connectivity index (χ0) is 7.99. The van der Waals surface area contributed by atoms with Crippen LogP contribution in [0.3, 0.4) is 0 Å². The SMILES string of the molecule is Cl.O=C(O)C1(C(F)(F)F)CC1. The third kappa shape index (κ3) is 1.42. The summed E-state index contributed by atoms with van der Waals surface area (Å²) in [6, 6.07) is 0. The Morgan fingerprint density at radius 1 is 1.36 bits per heavy atom. The topological polar surface area (TPSA) is 37.3 Å². The van der Waals surface area contributed by atoms with E-state index in [4.69, 9.17) is 5.11 Å². The highest BCUT2D eigenvalue weighted by Crippen LogP contribution is 2.57. The summed E-state index contributed by atoms with van der Waals surface area (Å²) in [4.78, 5) is 10.0. The van der Waals surface area contributed by atoms with Gasteiger partial charge >= 0.3 is 12.1 Å². The van der Waals surface area contributed by atoms with E-state index in [9.17, 15) is 18.0 Å². The van der Waals surface area contributed by atoms with E-state index in [0.717, 1.165) is 0 Å². The van der Waals surface area contributed by atoms with Gasteiger partial charge in [0, 0.05) is 0 Å². The lowest BCUT2D eigenvalue weighted by Gasteiger charge is -2.12. The van der Waals surface area contributed by atoms with Crippen LogP contribution in [-0.4, -0.2) is 17.3 Å². The average molecular weight is 191 g/mol. The predicted molar refractivity (Wildman–Crippen MR) is 32.6 cm³/mol. The molecule has 0 bridgehead atoms. The summed E-state index contributed by atoms with van der Waals surface area (Å²) in [6.45, 7) is 0. The van der Waals surface area contributed by atoms with Crippen LogP contribution in [0.2, 0.25) is 0 Å². The Labute approximate surface area is 66.8 Å². The number of hydrogen-bond donors (Lipinski definition) is 1. The Morgan fingerprint density at radius 3 is 1.73 bits per heavy atom. The molecule has 2 nitrogen and oxygen atoms in total. The van der Waals surface area contributed by atoms with Crippen LogP contribution in [-0.2, 0) is 4.79 Å². The van der Waals surface area contributed by atoms with Gasteiger partial charge in [0.25, 0.3) is 0 Å². The predicted octanol–water partition coefficient (Wildman–Crippen LogP) is 1.84. The molecular weight excluding hydrogens is 184 g/mol. The number of aliphatic carboxylic acids is 1. The fourth-order valence-corrected chi connectivity index (χ4v) is 0.744. The van der Waals surface area contributed by atoms with Crippen molar-refractivity contribution in [2.75, 3.05) is 0 Å². The van der Waals surface area contributed by atoms with Crippen LogP contribution in [0.25, 0.3) is 0 Å². The van der Waals surface area contributed by atoms with Crippen molar-refractivity contribution in [2.45, 2.75) is 19.0 Å². The van der Waals surface area contributed by atoms with Crippen molar-refractivity contribution in [1.82, 2.24) is 0 Å². The number of alkyl halides is 3. The molecule has 1 aliphatic carbocycles. The summed E-state index contributed by atoms with van der Waals surface area (Å²) >= 11 is 0. The molecule has 0 amide bonds. The molecule has 1 fully saturated rings. The van der Waals surface area contributed by atoms with E-state index in [0.29, 0.717) is 0 Å². The highest BCUT2D eigenvalue weighted by atomic mass is 35.5. The van der Waals surface area contributed by atoms with Crippen LogP contribution < -0.4 is 0 Å². The molecule has 1 saturated carbocycles. The second-order valence-electron chi connectivity index (χ2n) is 2.39. The second kappa shape index (κ2) is 2.55. The number of carboxylic acid groups (broad SMARTS) is 1. The standard InChI is InChI=1S/C5H5F3O2.ClH/c6-5(7,8)4(1-2-4)3(9)10;/h1-2H2,(H,9,10);1H. The molecule has 0 atom stereocenters. The van der Waals surface area contributed by atoms with Crippen LogP contribution in [0.4, 0.5) is 13.2 Å². The Hall–Kier alpha value is -0.450. The van der Waals surface area contributed by atoms with Gasteiger partial charge < -0.3 is 5.11 Å². The molecule has 0 aromatic carbocycles. The lowest BCUT2D eigenvalue weighted by atomic mass is 10.1. The molecule has 6 heteroatoms. The lowest BCUT2D eigenvalue weighted by Crippen LogP contribution is -2.32. The van der Waals surface area contributed by atoms with Crippen molar-refractivity contribution in [1.29, 1.82) is 0 Å². The van der Waals surface area contributed by atoms with Gasteiger partial charge in [0.05, 0.1) is 0 Å². The molecule has 0 aliphatic heterocycles. The zero-order valence-electron chi connectivity index (χ0n) is 5.31. The zero-order valence-corrected chi connectivity index (χ0v) is 6.13. The van der Waals surface area contributed by atoms with Crippen LogP contribution in [0, 0.1) is 5.41 Å². The lowest BCUT2D eigenvalue weighted by molar-refractivity contribution is -0.202. The van der Waals surface area contributed by atoms with Gasteiger partial charge in [-0.2, -0.15) is 13.2 Å². The van der Waals surface area contributed by atoms with E-state index in [2.05, 4.69) is 0 Å². The number of rotatable bonds is 1. The van der Waals surface area contributed by atoms with Crippen molar-refractivity contribution < 1.29 is 23.1 Å². The smallest absolute Gasteiger partial charge is 0.404 e. The highest BCUT2D eigenvalue weighted by Gasteiger charge is 2.69. The van der Waals surface area contributed by atoms with Crippen LogP contribution in [0.15, 0.2) is 0 Å². The first-order valence-corrected chi connectivity index (χ1v) is 2.70. The number of carboxylic acids is 1. The van der Waals surface area contributed by atoms with E-state index in [1.54, 1.807) is 0 Å². The normalized spacial score (nSPS) is 20.3. The van der Waals surface area contributed by atoms with Gasteiger partial charge in [0.15, 0.2) is 5.41 Å². The summed E-state index contributed by atoms with van der Waals surface area (Å²) < 4.78 is 35.3. The first-order chi connectivity index (χ1) is 4.40. The van der Waals surface area contributed by atoms with Crippen molar-refractivity contribution in [3.05, 3.63) is 0 Å². The summed E-state index contributed by atoms with van der Waals surface area (Å²) in [5, 5.41) is 8.12. The molecule has 0 radical (unpaired) electrons. The maximum atomic E-state index is 11.8. The van der Waals surface area contributed by atoms with Crippen molar-refractivity contribution in [3.63, 3.8) is 0 Å². The molecule has 0 heterocycles. The Bertz CT molecular complexity index is 173. The van der Waals surface area contributed by atoms with Gasteiger partial charge in [0.2, 0.25) is 0 Å². The largest absolute Gasteiger partial charge is 0.481 e. The number of carbonyl (C=O) groups is 1.